The highest BCUT2D eigenvalue weighted by Crippen LogP contribution is 2.02. The van der Waals surface area contributed by atoms with Crippen molar-refractivity contribution in [2.24, 2.45) is 5.73 Å². The molecule has 0 unspecified atom stereocenters. The molecule has 5 nitrogen and oxygen atoms in total. The molecular formula is C11H20N4O. The molecule has 0 atom stereocenters. The predicted octanol–water partition coefficient (Wildman–Crippen LogP) is -0.178. The van der Waals surface area contributed by atoms with Gasteiger partial charge in [0.2, 0.25) is 0 Å². The second-order valence-electron chi connectivity index (χ2n) is 3.64. The number of hydrogen-bond donors (Lipinski definition) is 2. The molecule has 0 saturated heterocycles. The highest BCUT2D eigenvalue weighted by Gasteiger charge is 2.05. The molecule has 90 valence electrons. The van der Waals surface area contributed by atoms with Gasteiger partial charge in [0.25, 0.3) is 0 Å². The highest BCUT2D eigenvalue weighted by molar-refractivity contribution is 4.97. The van der Waals surface area contributed by atoms with Gasteiger partial charge < -0.3 is 15.4 Å². The van der Waals surface area contributed by atoms with Crippen molar-refractivity contribution in [2.75, 3.05) is 26.2 Å². The SMILES string of the molecule is C=CCN(CCO)Cc1cn(CCN)cn1. The molecule has 0 bridgehead atoms. The lowest BCUT2D eigenvalue weighted by Gasteiger charge is -2.17. The van der Waals surface area contributed by atoms with Crippen molar-refractivity contribution < 1.29 is 5.11 Å². The van der Waals surface area contributed by atoms with Gasteiger partial charge in [-0.2, -0.15) is 0 Å². The Morgan fingerprint density at radius 1 is 1.62 bits per heavy atom. The monoisotopic (exact) mass is 224 g/mol. The molecule has 16 heavy (non-hydrogen) atoms. The molecule has 3 N–H and O–H groups in total. The van der Waals surface area contributed by atoms with Gasteiger partial charge in [-0.25, -0.2) is 4.98 Å². The number of nitrogens with zero attached hydrogens (tertiary/aromatic N) is 3. The number of imidazole rings is 1. The first-order valence-corrected chi connectivity index (χ1v) is 5.45. The smallest absolute Gasteiger partial charge is 0.0950 e. The molecule has 0 radical (unpaired) electrons. The lowest BCUT2D eigenvalue weighted by molar-refractivity contribution is 0.202. The van der Waals surface area contributed by atoms with Crippen LogP contribution in [0.15, 0.2) is 25.2 Å². The van der Waals surface area contributed by atoms with Crippen molar-refractivity contribution in [1.82, 2.24) is 14.5 Å². The molecule has 1 aromatic heterocycles. The zero-order valence-electron chi connectivity index (χ0n) is 9.55. The van der Waals surface area contributed by atoms with Crippen molar-refractivity contribution in [2.45, 2.75) is 13.1 Å². The second kappa shape index (κ2) is 7.16. The van der Waals surface area contributed by atoms with Gasteiger partial charge in [0.15, 0.2) is 0 Å². The normalized spacial score (nSPS) is 10.9. The average Bonchev–Trinajstić information content (AvgIpc) is 2.67. The molecule has 0 aliphatic heterocycles. The lowest BCUT2D eigenvalue weighted by atomic mass is 10.4. The fourth-order valence-corrected chi connectivity index (χ4v) is 1.55. The van der Waals surface area contributed by atoms with E-state index in [1.165, 1.54) is 0 Å². The molecule has 0 saturated carbocycles. The molecule has 5 heteroatoms. The minimum Gasteiger partial charge on any atom is -0.395 e. The van der Waals surface area contributed by atoms with Crippen LogP contribution < -0.4 is 5.73 Å². The van der Waals surface area contributed by atoms with E-state index in [9.17, 15) is 0 Å². The van der Waals surface area contributed by atoms with Crippen molar-refractivity contribution in [3.05, 3.63) is 30.9 Å². The molecule has 1 aromatic rings. The third kappa shape index (κ3) is 4.14. The molecule has 0 spiro atoms. The maximum atomic E-state index is 8.91. The standard InChI is InChI=1S/C11H20N4O/c1-2-4-14(6-7-16)8-11-9-15(5-3-12)10-13-11/h2,9-10,16H,1,3-8,12H2. The van der Waals surface area contributed by atoms with Gasteiger partial charge in [-0.05, 0) is 0 Å². The van der Waals surface area contributed by atoms with E-state index >= 15 is 0 Å². The van der Waals surface area contributed by atoms with Gasteiger partial charge in [-0.3, -0.25) is 4.90 Å². The van der Waals surface area contributed by atoms with Gasteiger partial charge >= 0.3 is 0 Å². The number of nitrogens with two attached hydrogens (primary N) is 1. The number of aliphatic hydroxyl groups excluding tert-OH is 1. The highest BCUT2D eigenvalue weighted by atomic mass is 16.3. The third-order valence-electron chi connectivity index (χ3n) is 2.26. The Bertz CT molecular complexity index is 311. The van der Waals surface area contributed by atoms with Crippen LogP contribution in [0.4, 0.5) is 0 Å². The van der Waals surface area contributed by atoms with Crippen LogP contribution in [0.5, 0.6) is 0 Å². The van der Waals surface area contributed by atoms with Crippen LogP contribution in [0.2, 0.25) is 0 Å². The van der Waals surface area contributed by atoms with Crippen molar-refractivity contribution in [1.29, 1.82) is 0 Å². The summed E-state index contributed by atoms with van der Waals surface area (Å²) in [7, 11) is 0. The van der Waals surface area contributed by atoms with E-state index in [2.05, 4.69) is 16.5 Å². The molecule has 0 aliphatic carbocycles. The number of rotatable bonds is 8. The van der Waals surface area contributed by atoms with Crippen LogP contribution in [0.3, 0.4) is 0 Å². The van der Waals surface area contributed by atoms with Crippen molar-refractivity contribution in [3.63, 3.8) is 0 Å². The Labute approximate surface area is 96.2 Å². The van der Waals surface area contributed by atoms with Crippen LogP contribution in [-0.4, -0.2) is 45.8 Å². The summed E-state index contributed by atoms with van der Waals surface area (Å²) in [5.74, 6) is 0. The van der Waals surface area contributed by atoms with Crippen molar-refractivity contribution >= 4 is 0 Å². The summed E-state index contributed by atoms with van der Waals surface area (Å²) in [5.41, 5.74) is 6.45. The minimum absolute atomic E-state index is 0.150. The summed E-state index contributed by atoms with van der Waals surface area (Å²) in [6.07, 6.45) is 5.60. The van der Waals surface area contributed by atoms with Crippen LogP contribution in [0.1, 0.15) is 5.69 Å². The van der Waals surface area contributed by atoms with E-state index in [1.54, 1.807) is 6.33 Å². The molecule has 0 aliphatic rings. The molecule has 0 fully saturated rings. The molecule has 0 amide bonds. The summed E-state index contributed by atoms with van der Waals surface area (Å²) < 4.78 is 1.97. The molecule has 1 rings (SSSR count). The number of aliphatic hydroxyl groups is 1. The van der Waals surface area contributed by atoms with Gasteiger partial charge in [0.1, 0.15) is 0 Å². The first-order chi connectivity index (χ1) is 7.80. The molecule has 1 heterocycles. The summed E-state index contributed by atoms with van der Waals surface area (Å²) in [4.78, 5) is 6.37. The van der Waals surface area contributed by atoms with Crippen molar-refractivity contribution in [3.8, 4) is 0 Å². The van der Waals surface area contributed by atoms with Crippen LogP contribution in [-0.2, 0) is 13.1 Å². The Morgan fingerprint density at radius 2 is 2.44 bits per heavy atom. The zero-order chi connectivity index (χ0) is 11.8. The second-order valence-corrected chi connectivity index (χ2v) is 3.64. The average molecular weight is 224 g/mol. The van der Waals surface area contributed by atoms with E-state index in [0.29, 0.717) is 13.1 Å². The van der Waals surface area contributed by atoms with E-state index in [4.69, 9.17) is 10.8 Å². The number of aromatic nitrogens is 2. The number of hydrogen-bond acceptors (Lipinski definition) is 4. The lowest BCUT2D eigenvalue weighted by Crippen LogP contribution is -2.26. The van der Waals surface area contributed by atoms with Crippen LogP contribution >= 0.6 is 0 Å². The fraction of sp³-hybridized carbons (Fsp3) is 0.545. The molecule has 0 aromatic carbocycles. The van der Waals surface area contributed by atoms with Crippen LogP contribution in [0.25, 0.3) is 0 Å². The Morgan fingerprint density at radius 3 is 3.06 bits per heavy atom. The maximum absolute atomic E-state index is 8.91. The first kappa shape index (κ1) is 12.9. The van der Waals surface area contributed by atoms with Gasteiger partial charge in [-0.15, -0.1) is 6.58 Å². The van der Waals surface area contributed by atoms with E-state index < -0.39 is 0 Å². The largest absolute Gasteiger partial charge is 0.395 e. The van der Waals surface area contributed by atoms with Gasteiger partial charge in [-0.1, -0.05) is 6.08 Å². The Balaban J connectivity index is 2.51. The van der Waals surface area contributed by atoms with Crippen LogP contribution in [0, 0.1) is 0 Å². The minimum atomic E-state index is 0.150. The topological polar surface area (TPSA) is 67.3 Å². The predicted molar refractivity (Wildman–Crippen MR) is 63.8 cm³/mol. The van der Waals surface area contributed by atoms with E-state index in [0.717, 1.165) is 25.3 Å². The Hall–Kier alpha value is -1.17. The Kier molecular flexibility index (Phi) is 5.77. The quantitative estimate of drug-likeness (QED) is 0.601. The van der Waals surface area contributed by atoms with E-state index in [-0.39, 0.29) is 6.61 Å². The van der Waals surface area contributed by atoms with Gasteiger partial charge in [0.05, 0.1) is 18.6 Å². The maximum Gasteiger partial charge on any atom is 0.0950 e. The summed E-state index contributed by atoms with van der Waals surface area (Å²) in [5, 5.41) is 8.91. The summed E-state index contributed by atoms with van der Waals surface area (Å²) in [6.45, 7) is 7.36. The summed E-state index contributed by atoms with van der Waals surface area (Å²) in [6, 6.07) is 0. The first-order valence-electron chi connectivity index (χ1n) is 5.45. The third-order valence-corrected chi connectivity index (χ3v) is 2.26. The summed E-state index contributed by atoms with van der Waals surface area (Å²) >= 11 is 0. The zero-order valence-corrected chi connectivity index (χ0v) is 9.55. The fourth-order valence-electron chi connectivity index (χ4n) is 1.55. The van der Waals surface area contributed by atoms with Gasteiger partial charge in [0, 0.05) is 38.9 Å². The molecular weight excluding hydrogens is 204 g/mol. The van der Waals surface area contributed by atoms with E-state index in [1.807, 2.05) is 16.8 Å².